The second-order valence-electron chi connectivity index (χ2n) is 6.82. The van der Waals surface area contributed by atoms with E-state index in [1.54, 1.807) is 10.9 Å². The molecule has 1 atom stereocenters. The van der Waals surface area contributed by atoms with Gasteiger partial charge in [-0.25, -0.2) is 4.79 Å². The van der Waals surface area contributed by atoms with Gasteiger partial charge in [-0.1, -0.05) is 13.8 Å². The van der Waals surface area contributed by atoms with E-state index >= 15 is 0 Å². The Bertz CT molecular complexity index is 570. The first-order valence-corrected chi connectivity index (χ1v) is 7.45. The lowest BCUT2D eigenvalue weighted by Gasteiger charge is -2.32. The predicted octanol–water partition coefficient (Wildman–Crippen LogP) is 1.79. The molecule has 6 nitrogen and oxygen atoms in total. The molecular formula is C15H21N3O3. The molecule has 0 bridgehead atoms. The predicted molar refractivity (Wildman–Crippen MR) is 75.9 cm³/mol. The quantitative estimate of drug-likeness (QED) is 0.921. The SMILES string of the molecule is CC1(C)CC1C(=O)N1CCC(n2cc(C(=O)O)cn2)CC1. The Morgan fingerprint density at radius 3 is 2.43 bits per heavy atom. The van der Waals surface area contributed by atoms with Crippen molar-refractivity contribution in [1.82, 2.24) is 14.7 Å². The number of nitrogens with zero attached hydrogens (tertiary/aromatic N) is 3. The number of carboxylic acid groups (broad SMARTS) is 1. The molecule has 2 aliphatic rings. The van der Waals surface area contributed by atoms with Crippen molar-refractivity contribution in [3.63, 3.8) is 0 Å². The van der Waals surface area contributed by atoms with Crippen molar-refractivity contribution in [3.05, 3.63) is 18.0 Å². The number of rotatable bonds is 3. The maximum absolute atomic E-state index is 12.3. The fraction of sp³-hybridized carbons (Fsp3) is 0.667. The smallest absolute Gasteiger partial charge is 0.338 e. The Morgan fingerprint density at radius 2 is 1.95 bits per heavy atom. The van der Waals surface area contributed by atoms with E-state index in [-0.39, 0.29) is 28.8 Å². The molecule has 21 heavy (non-hydrogen) atoms. The van der Waals surface area contributed by atoms with Crippen LogP contribution < -0.4 is 0 Å². The summed E-state index contributed by atoms with van der Waals surface area (Å²) in [6.45, 7) is 5.75. The summed E-state index contributed by atoms with van der Waals surface area (Å²) in [6.07, 6.45) is 5.62. The van der Waals surface area contributed by atoms with Crippen molar-refractivity contribution in [3.8, 4) is 0 Å². The molecule has 1 amide bonds. The highest BCUT2D eigenvalue weighted by Gasteiger charge is 2.52. The highest BCUT2D eigenvalue weighted by molar-refractivity contribution is 5.86. The molecule has 0 spiro atoms. The monoisotopic (exact) mass is 291 g/mol. The molecule has 1 N–H and O–H groups in total. The van der Waals surface area contributed by atoms with Gasteiger partial charge in [-0.15, -0.1) is 0 Å². The van der Waals surface area contributed by atoms with Crippen molar-refractivity contribution in [2.75, 3.05) is 13.1 Å². The lowest BCUT2D eigenvalue weighted by molar-refractivity contribution is -0.134. The normalized spacial score (nSPS) is 24.9. The zero-order chi connectivity index (χ0) is 15.2. The summed E-state index contributed by atoms with van der Waals surface area (Å²) in [7, 11) is 0. The van der Waals surface area contributed by atoms with E-state index in [0.717, 1.165) is 32.4 Å². The van der Waals surface area contributed by atoms with Crippen LogP contribution in [0.3, 0.4) is 0 Å². The van der Waals surface area contributed by atoms with Crippen LogP contribution in [0.1, 0.15) is 49.5 Å². The molecule has 6 heteroatoms. The Kier molecular flexibility index (Phi) is 3.26. The molecule has 1 aromatic heterocycles. The van der Waals surface area contributed by atoms with E-state index in [9.17, 15) is 9.59 Å². The molecule has 2 heterocycles. The average molecular weight is 291 g/mol. The lowest BCUT2D eigenvalue weighted by atomic mass is 10.0. The highest BCUT2D eigenvalue weighted by atomic mass is 16.4. The molecule has 114 valence electrons. The molecule has 1 saturated carbocycles. The molecule has 2 fully saturated rings. The van der Waals surface area contributed by atoms with Crippen LogP contribution in [0, 0.1) is 11.3 Å². The summed E-state index contributed by atoms with van der Waals surface area (Å²) in [5.41, 5.74) is 0.389. The number of carbonyl (C=O) groups is 2. The van der Waals surface area contributed by atoms with Crippen molar-refractivity contribution in [1.29, 1.82) is 0 Å². The van der Waals surface area contributed by atoms with Crippen molar-refractivity contribution >= 4 is 11.9 Å². The number of aromatic carboxylic acids is 1. The molecule has 0 aromatic carbocycles. The van der Waals surface area contributed by atoms with E-state index in [0.29, 0.717) is 0 Å². The first-order chi connectivity index (χ1) is 9.88. The summed E-state index contributed by atoms with van der Waals surface area (Å²) in [5, 5.41) is 13.1. The number of carbonyl (C=O) groups excluding carboxylic acids is 1. The molecule has 1 unspecified atom stereocenters. The van der Waals surface area contributed by atoms with Crippen LogP contribution >= 0.6 is 0 Å². The lowest BCUT2D eigenvalue weighted by Crippen LogP contribution is -2.40. The van der Waals surface area contributed by atoms with Crippen molar-refractivity contribution < 1.29 is 14.7 Å². The van der Waals surface area contributed by atoms with Gasteiger partial charge in [0.15, 0.2) is 0 Å². The average Bonchev–Trinajstić information content (AvgIpc) is 2.90. The van der Waals surface area contributed by atoms with Gasteiger partial charge in [0.25, 0.3) is 0 Å². The number of amides is 1. The standard InChI is InChI=1S/C15H21N3O3/c1-15(2)7-12(15)13(19)17-5-3-11(4-6-17)18-9-10(8-16-18)14(20)21/h8-9,11-12H,3-7H2,1-2H3,(H,20,21). The van der Waals surface area contributed by atoms with Crippen LogP contribution in [0.25, 0.3) is 0 Å². The van der Waals surface area contributed by atoms with E-state index < -0.39 is 5.97 Å². The van der Waals surface area contributed by atoms with E-state index in [2.05, 4.69) is 18.9 Å². The minimum Gasteiger partial charge on any atom is -0.478 e. The first-order valence-electron chi connectivity index (χ1n) is 7.45. The van der Waals surface area contributed by atoms with Crippen molar-refractivity contribution in [2.24, 2.45) is 11.3 Å². The van der Waals surface area contributed by atoms with Gasteiger partial charge in [-0.3, -0.25) is 9.48 Å². The maximum atomic E-state index is 12.3. The van der Waals surface area contributed by atoms with Gasteiger partial charge in [0.1, 0.15) is 0 Å². The second-order valence-corrected chi connectivity index (χ2v) is 6.82. The van der Waals surface area contributed by atoms with Crippen LogP contribution in [-0.4, -0.2) is 44.8 Å². The fourth-order valence-corrected chi connectivity index (χ4v) is 3.11. The number of hydrogen-bond acceptors (Lipinski definition) is 3. The van der Waals surface area contributed by atoms with Crippen molar-refractivity contribution in [2.45, 2.75) is 39.2 Å². The third-order valence-electron chi connectivity index (χ3n) is 4.81. The summed E-state index contributed by atoms with van der Waals surface area (Å²) in [5.74, 6) is -0.479. The van der Waals surface area contributed by atoms with Crippen LogP contribution in [0.15, 0.2) is 12.4 Å². The number of carboxylic acids is 1. The van der Waals surface area contributed by atoms with Gasteiger partial charge in [-0.05, 0) is 24.7 Å². The molecular weight excluding hydrogens is 270 g/mol. The first kappa shape index (κ1) is 14.1. The minimum absolute atomic E-state index is 0.173. The van der Waals surface area contributed by atoms with E-state index in [4.69, 9.17) is 5.11 Å². The number of likely N-dealkylation sites (tertiary alicyclic amines) is 1. The largest absolute Gasteiger partial charge is 0.478 e. The summed E-state index contributed by atoms with van der Waals surface area (Å²) >= 11 is 0. The third kappa shape index (κ3) is 2.66. The fourth-order valence-electron chi connectivity index (χ4n) is 3.11. The summed E-state index contributed by atoms with van der Waals surface area (Å²) in [6, 6.07) is 0.189. The van der Waals surface area contributed by atoms with E-state index in [1.807, 2.05) is 4.90 Å². The summed E-state index contributed by atoms with van der Waals surface area (Å²) in [4.78, 5) is 25.2. The van der Waals surface area contributed by atoms with Gasteiger partial charge < -0.3 is 10.0 Å². The van der Waals surface area contributed by atoms with Gasteiger partial charge >= 0.3 is 5.97 Å². The molecule has 1 aromatic rings. The van der Waals surface area contributed by atoms with Gasteiger partial charge in [-0.2, -0.15) is 5.10 Å². The van der Waals surface area contributed by atoms with Crippen LogP contribution in [0.2, 0.25) is 0 Å². The van der Waals surface area contributed by atoms with E-state index in [1.165, 1.54) is 6.20 Å². The maximum Gasteiger partial charge on any atom is 0.338 e. The molecule has 1 aliphatic heterocycles. The van der Waals surface area contributed by atoms with Gasteiger partial charge in [0, 0.05) is 25.2 Å². The minimum atomic E-state index is -0.954. The molecule has 3 rings (SSSR count). The van der Waals surface area contributed by atoms with Gasteiger partial charge in [0.05, 0.1) is 17.8 Å². The van der Waals surface area contributed by atoms with Crippen LogP contribution in [0.5, 0.6) is 0 Å². The topological polar surface area (TPSA) is 75.4 Å². The molecule has 0 radical (unpaired) electrons. The number of aromatic nitrogens is 2. The van der Waals surface area contributed by atoms with Crippen LogP contribution in [-0.2, 0) is 4.79 Å². The molecule has 1 aliphatic carbocycles. The molecule has 1 saturated heterocycles. The Morgan fingerprint density at radius 1 is 1.33 bits per heavy atom. The second kappa shape index (κ2) is 4.86. The number of hydrogen-bond donors (Lipinski definition) is 1. The highest BCUT2D eigenvalue weighted by Crippen LogP contribution is 2.52. The van der Waals surface area contributed by atoms with Gasteiger partial charge in [0.2, 0.25) is 5.91 Å². The third-order valence-corrected chi connectivity index (χ3v) is 4.81. The van der Waals surface area contributed by atoms with Crippen LogP contribution in [0.4, 0.5) is 0 Å². The number of piperidine rings is 1. The Balaban J connectivity index is 1.57. The summed E-state index contributed by atoms with van der Waals surface area (Å²) < 4.78 is 1.73. The zero-order valence-electron chi connectivity index (χ0n) is 12.5. The zero-order valence-corrected chi connectivity index (χ0v) is 12.5. The Labute approximate surface area is 123 Å². The Hall–Kier alpha value is -1.85.